The van der Waals surface area contributed by atoms with Crippen LogP contribution in [0.2, 0.25) is 0 Å². The predicted octanol–water partition coefficient (Wildman–Crippen LogP) is 1.34. The highest BCUT2D eigenvalue weighted by Gasteiger charge is 2.05. The molecular weight excluding hydrogens is 264 g/mol. The highest BCUT2D eigenvalue weighted by Crippen LogP contribution is 2.07. The first kappa shape index (κ1) is 16.5. The molecule has 0 aliphatic carbocycles. The first-order valence-electron chi connectivity index (χ1n) is 6.57. The molecule has 0 bridgehead atoms. The number of aliphatic hydroxyl groups is 1. The summed E-state index contributed by atoms with van der Waals surface area (Å²) in [6.07, 6.45) is -0.282. The maximum Gasteiger partial charge on any atom is 0.0897 e. The highest BCUT2D eigenvalue weighted by atomic mass is 32.1. The van der Waals surface area contributed by atoms with Gasteiger partial charge in [0.15, 0.2) is 0 Å². The van der Waals surface area contributed by atoms with E-state index in [1.54, 1.807) is 11.3 Å². The number of hydrogen-bond donors (Lipinski definition) is 2. The summed E-state index contributed by atoms with van der Waals surface area (Å²) in [5.41, 5.74) is 1.01. The van der Waals surface area contributed by atoms with Gasteiger partial charge in [0.2, 0.25) is 0 Å². The minimum atomic E-state index is -0.501. The van der Waals surface area contributed by atoms with Crippen LogP contribution in [0.5, 0.6) is 0 Å². The van der Waals surface area contributed by atoms with Crippen molar-refractivity contribution in [1.82, 2.24) is 10.3 Å². The molecule has 0 fully saturated rings. The van der Waals surface area contributed by atoms with Crippen molar-refractivity contribution in [1.29, 1.82) is 0 Å². The van der Waals surface area contributed by atoms with Crippen molar-refractivity contribution in [3.8, 4) is 0 Å². The zero-order chi connectivity index (χ0) is 14.1. The third-order valence-corrected chi connectivity index (χ3v) is 3.16. The normalized spacial score (nSPS) is 13.1. The smallest absolute Gasteiger partial charge is 0.0897 e. The van der Waals surface area contributed by atoms with E-state index in [9.17, 15) is 5.11 Å². The molecule has 0 spiro atoms. The van der Waals surface area contributed by atoms with Crippen molar-refractivity contribution < 1.29 is 14.6 Å². The van der Waals surface area contributed by atoms with Gasteiger partial charge in [0.05, 0.1) is 42.7 Å². The molecule has 1 aromatic rings. The molecule has 19 heavy (non-hydrogen) atoms. The Kier molecular flexibility index (Phi) is 8.16. The standard InChI is InChI=1S/C13H24N2O3S/c1-10(2)18-5-4-17-8-13(16)7-14-6-12-9-19-11(3)15-12/h9-10,13-14,16H,4-8H2,1-3H3. The molecule has 2 N–H and O–H groups in total. The average Bonchev–Trinajstić information content (AvgIpc) is 2.74. The second kappa shape index (κ2) is 9.39. The van der Waals surface area contributed by atoms with E-state index in [0.29, 0.717) is 32.9 Å². The van der Waals surface area contributed by atoms with Gasteiger partial charge in [0.25, 0.3) is 0 Å². The van der Waals surface area contributed by atoms with Gasteiger partial charge in [-0.1, -0.05) is 0 Å². The largest absolute Gasteiger partial charge is 0.389 e. The van der Waals surface area contributed by atoms with E-state index >= 15 is 0 Å². The molecule has 0 radical (unpaired) electrons. The summed E-state index contributed by atoms with van der Waals surface area (Å²) in [6.45, 7) is 8.54. The van der Waals surface area contributed by atoms with Crippen LogP contribution in [0.25, 0.3) is 0 Å². The monoisotopic (exact) mass is 288 g/mol. The van der Waals surface area contributed by atoms with Gasteiger partial charge in [-0.15, -0.1) is 11.3 Å². The number of nitrogens with zero attached hydrogens (tertiary/aromatic N) is 1. The lowest BCUT2D eigenvalue weighted by Crippen LogP contribution is -2.30. The molecular formula is C13H24N2O3S. The van der Waals surface area contributed by atoms with Gasteiger partial charge in [-0.2, -0.15) is 0 Å². The van der Waals surface area contributed by atoms with E-state index in [1.165, 1.54) is 0 Å². The van der Waals surface area contributed by atoms with Gasteiger partial charge in [-0.25, -0.2) is 4.98 Å². The third-order valence-electron chi connectivity index (χ3n) is 2.34. The van der Waals surface area contributed by atoms with Crippen molar-refractivity contribution in [2.24, 2.45) is 0 Å². The maximum atomic E-state index is 9.69. The van der Waals surface area contributed by atoms with E-state index in [2.05, 4.69) is 10.3 Å². The second-order valence-corrected chi connectivity index (χ2v) is 5.70. The number of rotatable bonds is 10. The van der Waals surface area contributed by atoms with Crippen molar-refractivity contribution in [3.05, 3.63) is 16.1 Å². The molecule has 1 atom stereocenters. The summed E-state index contributed by atoms with van der Waals surface area (Å²) in [4.78, 5) is 4.34. The average molecular weight is 288 g/mol. The van der Waals surface area contributed by atoms with Crippen molar-refractivity contribution >= 4 is 11.3 Å². The van der Waals surface area contributed by atoms with Crippen molar-refractivity contribution in [2.75, 3.05) is 26.4 Å². The van der Waals surface area contributed by atoms with Crippen LogP contribution >= 0.6 is 11.3 Å². The van der Waals surface area contributed by atoms with Gasteiger partial charge < -0.3 is 19.9 Å². The molecule has 0 saturated heterocycles. The zero-order valence-corrected chi connectivity index (χ0v) is 12.7. The lowest BCUT2D eigenvalue weighted by molar-refractivity contribution is -0.0100. The Morgan fingerprint density at radius 3 is 2.84 bits per heavy atom. The fraction of sp³-hybridized carbons (Fsp3) is 0.769. The Balaban J connectivity index is 1.97. The quantitative estimate of drug-likeness (QED) is 0.636. The van der Waals surface area contributed by atoms with Crippen LogP contribution in [0.1, 0.15) is 24.5 Å². The van der Waals surface area contributed by atoms with E-state index in [4.69, 9.17) is 9.47 Å². The third kappa shape index (κ3) is 8.28. The fourth-order valence-corrected chi connectivity index (χ4v) is 2.09. The van der Waals surface area contributed by atoms with E-state index in [-0.39, 0.29) is 6.10 Å². The van der Waals surface area contributed by atoms with Crippen LogP contribution in [0, 0.1) is 6.92 Å². The Morgan fingerprint density at radius 2 is 2.21 bits per heavy atom. The van der Waals surface area contributed by atoms with Gasteiger partial charge in [-0.3, -0.25) is 0 Å². The van der Waals surface area contributed by atoms with Gasteiger partial charge in [0, 0.05) is 18.5 Å². The summed E-state index contributed by atoms with van der Waals surface area (Å²) < 4.78 is 10.7. The summed E-state index contributed by atoms with van der Waals surface area (Å²) in [5, 5.41) is 15.9. The molecule has 0 amide bonds. The molecule has 5 nitrogen and oxygen atoms in total. The summed E-state index contributed by atoms with van der Waals surface area (Å²) >= 11 is 1.63. The molecule has 1 heterocycles. The van der Waals surface area contributed by atoms with Crippen LogP contribution in [0.15, 0.2) is 5.38 Å². The Hall–Kier alpha value is -0.530. The molecule has 110 valence electrons. The lowest BCUT2D eigenvalue weighted by atomic mass is 10.3. The molecule has 1 rings (SSSR count). The van der Waals surface area contributed by atoms with Crippen LogP contribution < -0.4 is 5.32 Å². The zero-order valence-electron chi connectivity index (χ0n) is 11.9. The molecule has 6 heteroatoms. The number of nitrogens with one attached hydrogen (secondary N) is 1. The predicted molar refractivity (Wildman–Crippen MR) is 76.5 cm³/mol. The van der Waals surface area contributed by atoms with Gasteiger partial charge in [0.1, 0.15) is 0 Å². The fourth-order valence-electron chi connectivity index (χ4n) is 1.48. The number of aromatic nitrogens is 1. The van der Waals surface area contributed by atoms with E-state index in [1.807, 2.05) is 26.2 Å². The minimum Gasteiger partial charge on any atom is -0.389 e. The van der Waals surface area contributed by atoms with Crippen LogP contribution in [0.3, 0.4) is 0 Å². The first-order chi connectivity index (χ1) is 9.08. The summed E-state index contributed by atoms with van der Waals surface area (Å²) in [5.74, 6) is 0. The van der Waals surface area contributed by atoms with Crippen LogP contribution in [-0.2, 0) is 16.0 Å². The van der Waals surface area contributed by atoms with Crippen molar-refractivity contribution in [3.63, 3.8) is 0 Å². The Bertz CT molecular complexity index is 344. The van der Waals surface area contributed by atoms with E-state index in [0.717, 1.165) is 10.7 Å². The number of hydrogen-bond acceptors (Lipinski definition) is 6. The number of ether oxygens (including phenoxy) is 2. The highest BCUT2D eigenvalue weighted by molar-refractivity contribution is 7.09. The second-order valence-electron chi connectivity index (χ2n) is 4.64. The van der Waals surface area contributed by atoms with Crippen molar-refractivity contribution in [2.45, 2.75) is 39.5 Å². The maximum absolute atomic E-state index is 9.69. The molecule has 1 aromatic heterocycles. The molecule has 0 aliphatic heterocycles. The summed E-state index contributed by atoms with van der Waals surface area (Å²) in [6, 6.07) is 0. The molecule has 0 saturated carbocycles. The Morgan fingerprint density at radius 1 is 1.42 bits per heavy atom. The minimum absolute atomic E-state index is 0.219. The number of aliphatic hydroxyl groups excluding tert-OH is 1. The number of thiazole rings is 1. The lowest BCUT2D eigenvalue weighted by Gasteiger charge is -2.12. The summed E-state index contributed by atoms with van der Waals surface area (Å²) in [7, 11) is 0. The molecule has 0 aromatic carbocycles. The Labute approximate surface area is 119 Å². The van der Waals surface area contributed by atoms with E-state index < -0.39 is 6.10 Å². The topological polar surface area (TPSA) is 63.6 Å². The van der Waals surface area contributed by atoms with Crippen LogP contribution in [0.4, 0.5) is 0 Å². The first-order valence-corrected chi connectivity index (χ1v) is 7.45. The molecule has 0 aliphatic rings. The number of aryl methyl sites for hydroxylation is 1. The van der Waals surface area contributed by atoms with Gasteiger partial charge >= 0.3 is 0 Å². The van der Waals surface area contributed by atoms with Gasteiger partial charge in [-0.05, 0) is 20.8 Å². The van der Waals surface area contributed by atoms with Crippen LogP contribution in [-0.4, -0.2) is 48.7 Å². The SMILES string of the molecule is Cc1nc(CNCC(O)COCCOC(C)C)cs1. The molecule has 1 unspecified atom stereocenters.